The Bertz CT molecular complexity index is 392. The quantitative estimate of drug-likeness (QED) is 0.407. The summed E-state index contributed by atoms with van der Waals surface area (Å²) >= 11 is 0. The minimum Gasteiger partial charge on any atom is -0.0659 e. The fraction of sp³-hybridized carbons (Fsp3) is 0.810. The highest BCUT2D eigenvalue weighted by Crippen LogP contribution is 2.49. The molecule has 1 atom stereocenters. The van der Waals surface area contributed by atoms with Gasteiger partial charge in [-0.1, -0.05) is 70.9 Å². The van der Waals surface area contributed by atoms with Crippen molar-refractivity contribution < 1.29 is 0 Å². The zero-order chi connectivity index (χ0) is 16.0. The molecule has 0 bridgehead atoms. The van der Waals surface area contributed by atoms with Crippen molar-refractivity contribution in [1.29, 1.82) is 0 Å². The van der Waals surface area contributed by atoms with E-state index in [-0.39, 0.29) is 0 Å². The molecule has 0 nitrogen and oxygen atoms in total. The van der Waals surface area contributed by atoms with Gasteiger partial charge in [-0.25, -0.2) is 0 Å². The number of rotatable bonds is 8. The van der Waals surface area contributed by atoms with E-state index in [4.69, 9.17) is 0 Å². The van der Waals surface area contributed by atoms with Crippen LogP contribution in [0.5, 0.6) is 0 Å². The summed E-state index contributed by atoms with van der Waals surface area (Å²) in [4.78, 5) is 0. The zero-order valence-electron chi connectivity index (χ0n) is 15.7. The van der Waals surface area contributed by atoms with Crippen molar-refractivity contribution in [3.8, 4) is 0 Å². The maximum absolute atomic E-state index is 2.44. The molecule has 0 radical (unpaired) electrons. The predicted octanol–water partition coefficient (Wildman–Crippen LogP) is 7.46. The van der Waals surface area contributed by atoms with E-state index in [1.807, 2.05) is 0 Å². The van der Waals surface area contributed by atoms with Gasteiger partial charge in [0.1, 0.15) is 0 Å². The summed E-state index contributed by atoms with van der Waals surface area (Å²) in [5.41, 5.74) is 6.93. The van der Waals surface area contributed by atoms with Crippen LogP contribution < -0.4 is 0 Å². The molecule has 1 aliphatic carbocycles. The number of allylic oxidation sites excluding steroid dienone is 4. The number of hydrogen-bond acceptors (Lipinski definition) is 0. The van der Waals surface area contributed by atoms with E-state index in [0.717, 1.165) is 5.92 Å². The van der Waals surface area contributed by atoms with Crippen molar-refractivity contribution in [3.05, 3.63) is 22.3 Å². The Morgan fingerprint density at radius 2 is 1.43 bits per heavy atom. The van der Waals surface area contributed by atoms with Crippen molar-refractivity contribution >= 4 is 0 Å². The lowest BCUT2D eigenvalue weighted by Gasteiger charge is -2.42. The second kappa shape index (κ2) is 8.20. The topological polar surface area (TPSA) is 0 Å². The summed E-state index contributed by atoms with van der Waals surface area (Å²) in [7, 11) is 0. The number of hydrogen-bond donors (Lipinski definition) is 0. The Morgan fingerprint density at radius 1 is 0.857 bits per heavy atom. The van der Waals surface area contributed by atoms with E-state index in [2.05, 4.69) is 48.5 Å². The third-order valence-corrected chi connectivity index (χ3v) is 6.04. The largest absolute Gasteiger partial charge is 0.0659 e. The Labute approximate surface area is 134 Å². The van der Waals surface area contributed by atoms with Crippen LogP contribution in [0.25, 0.3) is 0 Å². The fourth-order valence-electron chi connectivity index (χ4n) is 4.30. The maximum Gasteiger partial charge on any atom is -0.00762 e. The molecule has 0 N–H and O–H groups in total. The molecule has 0 aromatic heterocycles. The molecular weight excluding hydrogens is 252 g/mol. The van der Waals surface area contributed by atoms with E-state index in [9.17, 15) is 0 Å². The van der Waals surface area contributed by atoms with E-state index < -0.39 is 0 Å². The molecule has 1 unspecified atom stereocenters. The van der Waals surface area contributed by atoms with Crippen LogP contribution in [0.1, 0.15) is 99.8 Å². The minimum absolute atomic E-state index is 0.341. The summed E-state index contributed by atoms with van der Waals surface area (Å²) in [6, 6.07) is 0. The smallest absolute Gasteiger partial charge is 0.00762 e. The molecule has 0 amide bonds. The molecule has 1 rings (SSSR count). The van der Waals surface area contributed by atoms with Crippen molar-refractivity contribution in [1.82, 2.24) is 0 Å². The van der Waals surface area contributed by atoms with Crippen LogP contribution in [0.4, 0.5) is 0 Å². The van der Waals surface area contributed by atoms with Crippen LogP contribution in [-0.2, 0) is 0 Å². The zero-order valence-corrected chi connectivity index (χ0v) is 15.7. The average Bonchev–Trinajstić information content (AvgIpc) is 2.44. The summed E-state index contributed by atoms with van der Waals surface area (Å²) in [6.45, 7) is 16.6. The summed E-state index contributed by atoms with van der Waals surface area (Å²) < 4.78 is 0. The first-order valence-corrected chi connectivity index (χ1v) is 9.25. The molecule has 0 saturated heterocycles. The molecule has 21 heavy (non-hydrogen) atoms. The van der Waals surface area contributed by atoms with E-state index in [1.54, 1.807) is 22.3 Å². The highest BCUT2D eigenvalue weighted by atomic mass is 14.4. The van der Waals surface area contributed by atoms with Gasteiger partial charge >= 0.3 is 0 Å². The molecule has 0 aromatic rings. The van der Waals surface area contributed by atoms with Gasteiger partial charge in [-0.3, -0.25) is 0 Å². The predicted molar refractivity (Wildman–Crippen MR) is 96.6 cm³/mol. The summed E-state index contributed by atoms with van der Waals surface area (Å²) in [6.07, 6.45) is 10.9. The SMILES string of the molecule is CCCCCCCCC1=C(C)C(CC)C(C)(C)C(C)=C1C. The van der Waals surface area contributed by atoms with Gasteiger partial charge in [0.05, 0.1) is 0 Å². The van der Waals surface area contributed by atoms with E-state index in [0.29, 0.717) is 5.41 Å². The first-order valence-electron chi connectivity index (χ1n) is 9.25. The van der Waals surface area contributed by atoms with Crippen LogP contribution in [-0.4, -0.2) is 0 Å². The lowest BCUT2D eigenvalue weighted by molar-refractivity contribution is 0.285. The highest BCUT2D eigenvalue weighted by molar-refractivity contribution is 5.44. The minimum atomic E-state index is 0.341. The second-order valence-electron chi connectivity index (χ2n) is 7.61. The van der Waals surface area contributed by atoms with Crippen LogP contribution in [0.15, 0.2) is 22.3 Å². The Balaban J connectivity index is 2.71. The molecule has 0 heterocycles. The van der Waals surface area contributed by atoms with Crippen molar-refractivity contribution in [2.24, 2.45) is 11.3 Å². The van der Waals surface area contributed by atoms with Gasteiger partial charge in [-0.05, 0) is 62.5 Å². The van der Waals surface area contributed by atoms with Crippen LogP contribution in [0, 0.1) is 11.3 Å². The molecular formula is C21H38. The normalized spacial score (nSPS) is 22.1. The molecule has 0 aromatic carbocycles. The van der Waals surface area contributed by atoms with Crippen molar-refractivity contribution in [3.63, 3.8) is 0 Å². The molecule has 0 saturated carbocycles. The second-order valence-corrected chi connectivity index (χ2v) is 7.61. The first kappa shape index (κ1) is 18.5. The summed E-state index contributed by atoms with van der Waals surface area (Å²) in [5, 5.41) is 0. The van der Waals surface area contributed by atoms with Crippen LogP contribution >= 0.6 is 0 Å². The van der Waals surface area contributed by atoms with Crippen LogP contribution in [0.3, 0.4) is 0 Å². The highest BCUT2D eigenvalue weighted by Gasteiger charge is 2.36. The third kappa shape index (κ3) is 4.24. The molecule has 0 aliphatic heterocycles. The van der Waals surface area contributed by atoms with Gasteiger partial charge in [-0.15, -0.1) is 0 Å². The Kier molecular flexibility index (Phi) is 7.24. The van der Waals surface area contributed by atoms with Gasteiger partial charge in [0.25, 0.3) is 0 Å². The van der Waals surface area contributed by atoms with Crippen molar-refractivity contribution in [2.45, 2.75) is 99.8 Å². The molecule has 1 aliphatic rings. The van der Waals surface area contributed by atoms with Gasteiger partial charge in [0.15, 0.2) is 0 Å². The Hall–Kier alpha value is -0.520. The van der Waals surface area contributed by atoms with Crippen LogP contribution in [0.2, 0.25) is 0 Å². The van der Waals surface area contributed by atoms with E-state index in [1.165, 1.54) is 51.4 Å². The first-order chi connectivity index (χ1) is 9.87. The molecule has 0 spiro atoms. The average molecular weight is 291 g/mol. The Morgan fingerprint density at radius 3 is 2.00 bits per heavy atom. The lowest BCUT2D eigenvalue weighted by atomic mass is 9.62. The third-order valence-electron chi connectivity index (χ3n) is 6.04. The van der Waals surface area contributed by atoms with Crippen molar-refractivity contribution in [2.75, 3.05) is 0 Å². The lowest BCUT2D eigenvalue weighted by Crippen LogP contribution is -2.31. The molecule has 0 heteroatoms. The van der Waals surface area contributed by atoms with Gasteiger partial charge in [0, 0.05) is 0 Å². The van der Waals surface area contributed by atoms with Gasteiger partial charge in [0.2, 0.25) is 0 Å². The molecule has 122 valence electrons. The monoisotopic (exact) mass is 290 g/mol. The maximum atomic E-state index is 2.44. The van der Waals surface area contributed by atoms with E-state index >= 15 is 0 Å². The fourth-order valence-corrected chi connectivity index (χ4v) is 4.30. The van der Waals surface area contributed by atoms with Gasteiger partial charge < -0.3 is 0 Å². The van der Waals surface area contributed by atoms with Gasteiger partial charge in [-0.2, -0.15) is 0 Å². The molecule has 0 fully saturated rings. The number of unbranched alkanes of at least 4 members (excludes halogenated alkanes) is 5. The summed E-state index contributed by atoms with van der Waals surface area (Å²) in [5.74, 6) is 0.733. The standard InChI is InChI=1S/C21H38/c1-8-10-11-12-13-14-15-19-16(3)18(5)21(6,7)20(9-2)17(19)4/h20H,8-15H2,1-7H3.